The van der Waals surface area contributed by atoms with Crippen molar-refractivity contribution in [2.45, 2.75) is 219 Å². The number of unbranched alkanes of at least 4 members (excludes halogenated alkanes) is 21. The third-order valence-corrected chi connectivity index (χ3v) is 11.2. The van der Waals surface area contributed by atoms with Gasteiger partial charge in [-0.2, -0.15) is 0 Å². The van der Waals surface area contributed by atoms with E-state index in [4.69, 9.17) is 24.8 Å². The van der Waals surface area contributed by atoms with E-state index in [1.165, 1.54) is 116 Å². The summed E-state index contributed by atoms with van der Waals surface area (Å²) in [5.74, 6) is -2.48. The average Bonchev–Trinajstić information content (AvgIpc) is 3.25. The molecule has 0 spiro atoms. The predicted molar refractivity (Wildman–Crippen MR) is 254 cm³/mol. The molecule has 4 N–H and O–H groups in total. The molecular weight excluding hydrogens is 806 g/mol. The number of carbonyl (C=O) groups is 3. The van der Waals surface area contributed by atoms with Gasteiger partial charge in [0.25, 0.3) is 0 Å². The van der Waals surface area contributed by atoms with Crippen molar-refractivity contribution >= 4 is 25.7 Å². The molecule has 0 saturated heterocycles. The highest BCUT2D eigenvalue weighted by atomic mass is 31.2. The van der Waals surface area contributed by atoms with Crippen molar-refractivity contribution in [1.29, 1.82) is 0 Å². The number of aliphatic carboxylic acids is 1. The molecule has 0 amide bonds. The summed E-state index contributed by atoms with van der Waals surface area (Å²) in [4.78, 5) is 46.1. The van der Waals surface area contributed by atoms with Crippen LogP contribution in [0.4, 0.5) is 0 Å². The number of carboxylic acid groups (broad SMARTS) is 1. The van der Waals surface area contributed by atoms with Crippen LogP contribution in [0.3, 0.4) is 0 Å². The second-order valence-electron chi connectivity index (χ2n) is 16.2. The molecular formula is C50H88NO10P. The van der Waals surface area contributed by atoms with E-state index in [1.54, 1.807) is 0 Å². The minimum absolute atomic E-state index is 0.0374. The first kappa shape index (κ1) is 59.2. The topological polar surface area (TPSA) is 172 Å². The number of carboxylic acids is 1. The highest BCUT2D eigenvalue weighted by Crippen LogP contribution is 2.43. The van der Waals surface area contributed by atoms with Crippen molar-refractivity contribution in [1.82, 2.24) is 0 Å². The molecule has 0 saturated carbocycles. The summed E-state index contributed by atoms with van der Waals surface area (Å²) in [6.07, 6.45) is 53.0. The zero-order chi connectivity index (χ0) is 45.6. The molecule has 0 heterocycles. The maximum absolute atomic E-state index is 12.6. The summed E-state index contributed by atoms with van der Waals surface area (Å²) in [6, 6.07) is -1.53. The van der Waals surface area contributed by atoms with Gasteiger partial charge in [0.2, 0.25) is 0 Å². The number of phosphoric acid groups is 1. The van der Waals surface area contributed by atoms with Crippen LogP contribution in [0.5, 0.6) is 0 Å². The van der Waals surface area contributed by atoms with E-state index in [9.17, 15) is 23.8 Å². The van der Waals surface area contributed by atoms with Crippen LogP contribution in [0.25, 0.3) is 0 Å². The Morgan fingerprint density at radius 3 is 1.34 bits per heavy atom. The molecule has 0 aliphatic rings. The molecule has 3 atom stereocenters. The van der Waals surface area contributed by atoms with E-state index in [-0.39, 0.29) is 19.4 Å². The number of rotatable bonds is 45. The van der Waals surface area contributed by atoms with E-state index in [1.807, 2.05) is 12.2 Å². The summed E-state index contributed by atoms with van der Waals surface area (Å²) in [7, 11) is -4.74. The minimum atomic E-state index is -4.74. The molecule has 358 valence electrons. The van der Waals surface area contributed by atoms with Crippen molar-refractivity contribution in [3.05, 3.63) is 60.8 Å². The van der Waals surface area contributed by atoms with E-state index >= 15 is 0 Å². The van der Waals surface area contributed by atoms with Gasteiger partial charge in [0, 0.05) is 12.8 Å². The van der Waals surface area contributed by atoms with E-state index in [2.05, 4.69) is 67.0 Å². The summed E-state index contributed by atoms with van der Waals surface area (Å²) >= 11 is 0. The SMILES string of the molecule is CCCCC/C=C\C/C=C\C/C=C\C/C=C\C/C=C\CCC(=O)O[C@H](COC(=O)CCCCCCCCCCCCCCCCCCCCC)COP(=O)(O)OC[C@H](N)C(=O)O. The van der Waals surface area contributed by atoms with Gasteiger partial charge in [-0.15, -0.1) is 0 Å². The van der Waals surface area contributed by atoms with Crippen LogP contribution < -0.4 is 5.73 Å². The molecule has 11 nitrogen and oxygen atoms in total. The standard InChI is InChI=1S/C50H88NO10P/c1-3-5-7-9-11-13-15-17-19-21-23-25-27-29-31-33-35-37-39-41-48(52)58-43-46(44-59-62(56,57)60-45-47(51)50(54)55)61-49(53)42-40-38-36-34-32-30-28-26-24-22-20-18-16-14-12-10-8-6-4-2/h12,14,18,20,24,26,30,32,36,38,46-47H,3-11,13,15-17,19,21-23,25,27-29,31,33-35,37,39-45,51H2,1-2H3,(H,54,55)(H,56,57)/b14-12-,20-18-,26-24-,32-30-,38-36-/t46-,47+/m1/s1. The maximum Gasteiger partial charge on any atom is 0.472 e. The third kappa shape index (κ3) is 43.8. The highest BCUT2D eigenvalue weighted by molar-refractivity contribution is 7.47. The number of allylic oxidation sites excluding steroid dienone is 10. The molecule has 0 bridgehead atoms. The van der Waals surface area contributed by atoms with Crippen LogP contribution >= 0.6 is 7.82 Å². The second-order valence-corrected chi connectivity index (χ2v) is 17.7. The van der Waals surface area contributed by atoms with Crippen molar-refractivity contribution in [2.24, 2.45) is 5.73 Å². The first-order chi connectivity index (χ1) is 30.1. The molecule has 0 aromatic heterocycles. The molecule has 0 radical (unpaired) electrons. The average molecular weight is 894 g/mol. The van der Waals surface area contributed by atoms with Crippen LogP contribution in [0.1, 0.15) is 206 Å². The van der Waals surface area contributed by atoms with Crippen LogP contribution in [0.2, 0.25) is 0 Å². The molecule has 62 heavy (non-hydrogen) atoms. The number of esters is 2. The summed E-state index contributed by atoms with van der Waals surface area (Å²) in [5.41, 5.74) is 5.34. The molecule has 0 aromatic carbocycles. The number of phosphoric ester groups is 1. The van der Waals surface area contributed by atoms with Gasteiger partial charge in [-0.3, -0.25) is 23.4 Å². The zero-order valence-electron chi connectivity index (χ0n) is 38.9. The summed E-state index contributed by atoms with van der Waals surface area (Å²) < 4.78 is 32.7. The fraction of sp³-hybridized carbons (Fsp3) is 0.740. The van der Waals surface area contributed by atoms with Gasteiger partial charge in [0.05, 0.1) is 13.2 Å². The highest BCUT2D eigenvalue weighted by Gasteiger charge is 2.28. The van der Waals surface area contributed by atoms with Crippen LogP contribution in [0, 0.1) is 0 Å². The first-order valence-electron chi connectivity index (χ1n) is 24.3. The quantitative estimate of drug-likeness (QED) is 0.0230. The molecule has 1 unspecified atom stereocenters. The van der Waals surface area contributed by atoms with Crippen molar-refractivity contribution in [2.75, 3.05) is 19.8 Å². The molecule has 12 heteroatoms. The van der Waals surface area contributed by atoms with Gasteiger partial charge in [0.15, 0.2) is 6.10 Å². The predicted octanol–water partition coefficient (Wildman–Crippen LogP) is 13.5. The maximum atomic E-state index is 12.6. The Bertz CT molecular complexity index is 1280. The Balaban J connectivity index is 4.39. The lowest BCUT2D eigenvalue weighted by Crippen LogP contribution is -2.34. The molecule has 0 fully saturated rings. The lowest BCUT2D eigenvalue weighted by atomic mass is 10.0. The van der Waals surface area contributed by atoms with Gasteiger partial charge >= 0.3 is 25.7 Å². The summed E-state index contributed by atoms with van der Waals surface area (Å²) in [5, 5.41) is 8.91. The molecule has 0 rings (SSSR count). The molecule has 0 aromatic rings. The van der Waals surface area contributed by atoms with Gasteiger partial charge in [-0.1, -0.05) is 203 Å². The number of hydrogen-bond donors (Lipinski definition) is 3. The Hall–Kier alpha value is -2.82. The van der Waals surface area contributed by atoms with Gasteiger partial charge in [0.1, 0.15) is 12.6 Å². The lowest BCUT2D eigenvalue weighted by Gasteiger charge is -2.20. The lowest BCUT2D eigenvalue weighted by molar-refractivity contribution is -0.161. The van der Waals surface area contributed by atoms with Crippen molar-refractivity contribution in [3.63, 3.8) is 0 Å². The number of nitrogens with two attached hydrogens (primary N) is 1. The van der Waals surface area contributed by atoms with E-state index < -0.39 is 51.1 Å². The Morgan fingerprint density at radius 2 is 0.887 bits per heavy atom. The van der Waals surface area contributed by atoms with Gasteiger partial charge in [-0.05, 0) is 51.4 Å². The fourth-order valence-corrected chi connectivity index (χ4v) is 7.24. The van der Waals surface area contributed by atoms with Crippen LogP contribution in [-0.4, -0.2) is 59.9 Å². The normalized spacial score (nSPS) is 14.1. The second kappa shape index (κ2) is 44.8. The Kier molecular flexibility index (Phi) is 42.7. The van der Waals surface area contributed by atoms with Crippen molar-refractivity contribution < 1.29 is 47.5 Å². The van der Waals surface area contributed by atoms with Crippen molar-refractivity contribution in [3.8, 4) is 0 Å². The number of hydrogen-bond acceptors (Lipinski definition) is 9. The Morgan fingerprint density at radius 1 is 0.500 bits per heavy atom. The zero-order valence-corrected chi connectivity index (χ0v) is 39.8. The van der Waals surface area contributed by atoms with E-state index in [0.29, 0.717) is 12.8 Å². The summed E-state index contributed by atoms with van der Waals surface area (Å²) in [6.45, 7) is 2.72. The van der Waals surface area contributed by atoms with Crippen LogP contribution in [-0.2, 0) is 37.5 Å². The monoisotopic (exact) mass is 894 g/mol. The number of carbonyl (C=O) groups excluding carboxylic acids is 2. The largest absolute Gasteiger partial charge is 0.480 e. The van der Waals surface area contributed by atoms with Gasteiger partial charge in [-0.25, -0.2) is 4.57 Å². The Labute approximate surface area is 377 Å². The minimum Gasteiger partial charge on any atom is -0.480 e. The molecule has 0 aliphatic carbocycles. The fourth-order valence-electron chi connectivity index (χ4n) is 6.46. The molecule has 0 aliphatic heterocycles. The number of ether oxygens (including phenoxy) is 2. The van der Waals surface area contributed by atoms with Crippen LogP contribution in [0.15, 0.2) is 60.8 Å². The first-order valence-corrected chi connectivity index (χ1v) is 25.8. The smallest absolute Gasteiger partial charge is 0.472 e. The van der Waals surface area contributed by atoms with Gasteiger partial charge < -0.3 is 25.2 Å². The third-order valence-electron chi connectivity index (χ3n) is 10.3. The van der Waals surface area contributed by atoms with E-state index in [0.717, 1.165) is 51.4 Å².